The zero-order chi connectivity index (χ0) is 6.69. The van der Waals surface area contributed by atoms with E-state index in [-0.39, 0.29) is 0 Å². The summed E-state index contributed by atoms with van der Waals surface area (Å²) >= 11 is 4.73. The van der Waals surface area contributed by atoms with Gasteiger partial charge in [0.25, 0.3) is 0 Å². The molecule has 2 N–H and O–H groups in total. The van der Waals surface area contributed by atoms with Crippen LogP contribution in [0, 0.1) is 0 Å². The predicted octanol–water partition coefficient (Wildman–Crippen LogP) is 0.842. The summed E-state index contributed by atoms with van der Waals surface area (Å²) in [6.45, 7) is 0.882. The number of rotatable bonds is 2. The Morgan fingerprint density at radius 2 is 2.56 bits per heavy atom. The van der Waals surface area contributed by atoms with Crippen molar-refractivity contribution < 1.29 is 4.74 Å². The summed E-state index contributed by atoms with van der Waals surface area (Å²) < 4.78 is 5.30. The van der Waals surface area contributed by atoms with E-state index in [1.807, 2.05) is 0 Å². The Balaban J connectivity index is 2.19. The van der Waals surface area contributed by atoms with Gasteiger partial charge in [0.1, 0.15) is 0 Å². The molecular weight excluding hydrogens is 134 g/mol. The van der Waals surface area contributed by atoms with Crippen LogP contribution in [0.4, 0.5) is 0 Å². The molecule has 2 nitrogen and oxygen atoms in total. The maximum atomic E-state index is 5.32. The Kier molecular flexibility index (Phi) is 2.42. The van der Waals surface area contributed by atoms with Crippen molar-refractivity contribution in [3.63, 3.8) is 0 Å². The maximum absolute atomic E-state index is 5.32. The van der Waals surface area contributed by atoms with Crippen molar-refractivity contribution in [3.05, 3.63) is 0 Å². The Morgan fingerprint density at radius 3 is 3.00 bits per heavy atom. The Bertz CT molecular complexity index is 110. The molecule has 3 heteroatoms. The molecule has 1 aliphatic rings. The van der Waals surface area contributed by atoms with Crippen LogP contribution in [0.15, 0.2) is 0 Å². The van der Waals surface area contributed by atoms with Crippen LogP contribution in [0.2, 0.25) is 0 Å². The third-order valence-corrected chi connectivity index (χ3v) is 1.62. The fourth-order valence-electron chi connectivity index (χ4n) is 1.03. The van der Waals surface area contributed by atoms with Gasteiger partial charge >= 0.3 is 0 Å². The molecule has 52 valence electrons. The number of ether oxygens (including phenoxy) is 1. The topological polar surface area (TPSA) is 35.2 Å². The van der Waals surface area contributed by atoms with E-state index in [1.54, 1.807) is 0 Å². The highest BCUT2D eigenvalue weighted by atomic mass is 32.1. The molecule has 0 radical (unpaired) electrons. The molecule has 1 rings (SSSR count). The first-order valence-corrected chi connectivity index (χ1v) is 3.60. The van der Waals surface area contributed by atoms with Gasteiger partial charge in [0, 0.05) is 13.0 Å². The Labute approximate surface area is 60.4 Å². The van der Waals surface area contributed by atoms with Gasteiger partial charge in [-0.15, -0.1) is 0 Å². The SMILES string of the molecule is NC(=S)CC1CCCO1. The quantitative estimate of drug-likeness (QED) is 0.585. The second-order valence-corrected chi connectivity index (χ2v) is 2.83. The largest absolute Gasteiger partial charge is 0.393 e. The van der Waals surface area contributed by atoms with E-state index in [0.29, 0.717) is 11.1 Å². The molecule has 0 bridgehead atoms. The van der Waals surface area contributed by atoms with Gasteiger partial charge in [0.05, 0.1) is 11.1 Å². The van der Waals surface area contributed by atoms with Crippen LogP contribution in [0.3, 0.4) is 0 Å². The average Bonchev–Trinajstić information content (AvgIpc) is 2.15. The van der Waals surface area contributed by atoms with Gasteiger partial charge in [-0.3, -0.25) is 0 Å². The fraction of sp³-hybridized carbons (Fsp3) is 0.833. The lowest BCUT2D eigenvalue weighted by molar-refractivity contribution is 0.117. The van der Waals surface area contributed by atoms with Crippen LogP contribution in [-0.4, -0.2) is 17.7 Å². The van der Waals surface area contributed by atoms with E-state index in [9.17, 15) is 0 Å². The van der Waals surface area contributed by atoms with Crippen molar-refractivity contribution in [1.29, 1.82) is 0 Å². The molecule has 9 heavy (non-hydrogen) atoms. The molecule has 0 spiro atoms. The van der Waals surface area contributed by atoms with Crippen molar-refractivity contribution in [3.8, 4) is 0 Å². The van der Waals surface area contributed by atoms with Crippen molar-refractivity contribution in [2.75, 3.05) is 6.61 Å². The molecular formula is C6H11NOS. The van der Waals surface area contributed by atoms with Crippen molar-refractivity contribution in [2.45, 2.75) is 25.4 Å². The number of hydrogen-bond acceptors (Lipinski definition) is 2. The van der Waals surface area contributed by atoms with E-state index >= 15 is 0 Å². The second kappa shape index (κ2) is 3.13. The van der Waals surface area contributed by atoms with E-state index in [0.717, 1.165) is 25.9 Å². The summed E-state index contributed by atoms with van der Waals surface area (Å²) in [6, 6.07) is 0. The first-order chi connectivity index (χ1) is 4.29. The average molecular weight is 145 g/mol. The molecule has 0 aromatic heterocycles. The number of hydrogen-bond donors (Lipinski definition) is 1. The summed E-state index contributed by atoms with van der Waals surface area (Å²) in [7, 11) is 0. The molecule has 1 saturated heterocycles. The van der Waals surface area contributed by atoms with Gasteiger partial charge in [-0.25, -0.2) is 0 Å². The minimum absolute atomic E-state index is 0.322. The summed E-state index contributed by atoms with van der Waals surface area (Å²) in [5.74, 6) is 0. The van der Waals surface area contributed by atoms with Gasteiger partial charge in [0.2, 0.25) is 0 Å². The molecule has 0 aromatic carbocycles. The lowest BCUT2D eigenvalue weighted by Gasteiger charge is -2.05. The van der Waals surface area contributed by atoms with Crippen molar-refractivity contribution >= 4 is 17.2 Å². The van der Waals surface area contributed by atoms with Crippen molar-refractivity contribution in [2.24, 2.45) is 5.73 Å². The molecule has 1 unspecified atom stereocenters. The molecule has 0 amide bonds. The lowest BCUT2D eigenvalue weighted by Crippen LogP contribution is -2.17. The summed E-state index contributed by atoms with van der Waals surface area (Å²) in [5, 5.41) is 0. The smallest absolute Gasteiger partial charge is 0.0753 e. The second-order valence-electron chi connectivity index (χ2n) is 2.31. The monoisotopic (exact) mass is 145 g/mol. The Hall–Kier alpha value is -0.150. The lowest BCUT2D eigenvalue weighted by atomic mass is 10.2. The van der Waals surface area contributed by atoms with Gasteiger partial charge in [-0.2, -0.15) is 0 Å². The van der Waals surface area contributed by atoms with Gasteiger partial charge < -0.3 is 10.5 Å². The Morgan fingerprint density at radius 1 is 1.78 bits per heavy atom. The normalized spacial score (nSPS) is 26.4. The van der Waals surface area contributed by atoms with Gasteiger partial charge in [-0.1, -0.05) is 12.2 Å². The van der Waals surface area contributed by atoms with Gasteiger partial charge in [-0.05, 0) is 12.8 Å². The molecule has 1 atom stereocenters. The van der Waals surface area contributed by atoms with Crippen LogP contribution < -0.4 is 5.73 Å². The van der Waals surface area contributed by atoms with Crippen LogP contribution in [0.1, 0.15) is 19.3 Å². The van der Waals surface area contributed by atoms with E-state index in [4.69, 9.17) is 22.7 Å². The highest BCUT2D eigenvalue weighted by Gasteiger charge is 2.15. The van der Waals surface area contributed by atoms with Crippen molar-refractivity contribution in [1.82, 2.24) is 0 Å². The number of nitrogens with two attached hydrogens (primary N) is 1. The summed E-state index contributed by atoms with van der Waals surface area (Å²) in [5.41, 5.74) is 5.32. The highest BCUT2D eigenvalue weighted by molar-refractivity contribution is 7.80. The summed E-state index contributed by atoms with van der Waals surface area (Å²) in [6.07, 6.45) is 3.36. The van der Waals surface area contributed by atoms with Gasteiger partial charge in [0.15, 0.2) is 0 Å². The van der Waals surface area contributed by atoms with Crippen LogP contribution in [0.25, 0.3) is 0 Å². The highest BCUT2D eigenvalue weighted by Crippen LogP contribution is 2.14. The molecule has 1 fully saturated rings. The molecule has 1 heterocycles. The zero-order valence-corrected chi connectivity index (χ0v) is 6.12. The van der Waals surface area contributed by atoms with E-state index in [2.05, 4.69) is 0 Å². The van der Waals surface area contributed by atoms with Crippen LogP contribution in [0.5, 0.6) is 0 Å². The summed E-state index contributed by atoms with van der Waals surface area (Å²) in [4.78, 5) is 0.571. The third-order valence-electron chi connectivity index (χ3n) is 1.45. The van der Waals surface area contributed by atoms with E-state index < -0.39 is 0 Å². The minimum atomic E-state index is 0.322. The zero-order valence-electron chi connectivity index (χ0n) is 5.30. The first-order valence-electron chi connectivity index (χ1n) is 3.19. The standard InChI is InChI=1S/C6H11NOS/c7-6(9)4-5-2-1-3-8-5/h5H,1-4H2,(H2,7,9). The molecule has 0 aliphatic carbocycles. The predicted molar refractivity (Wildman–Crippen MR) is 40.4 cm³/mol. The van der Waals surface area contributed by atoms with E-state index in [1.165, 1.54) is 0 Å². The number of thiocarbonyl (C=S) groups is 1. The maximum Gasteiger partial charge on any atom is 0.0753 e. The van der Waals surface area contributed by atoms with Crippen LogP contribution >= 0.6 is 12.2 Å². The third kappa shape index (κ3) is 2.28. The molecule has 0 saturated carbocycles. The minimum Gasteiger partial charge on any atom is -0.393 e. The molecule has 1 aliphatic heterocycles. The first kappa shape index (κ1) is 6.96. The fourth-order valence-corrected chi connectivity index (χ4v) is 1.22. The molecule has 0 aromatic rings. The van der Waals surface area contributed by atoms with Crippen LogP contribution in [-0.2, 0) is 4.74 Å².